The third-order valence-corrected chi connectivity index (χ3v) is 3.98. The van der Waals surface area contributed by atoms with Gasteiger partial charge in [0.15, 0.2) is 0 Å². The smallest absolute Gasteiger partial charge is 0.261 e. The Bertz CT molecular complexity index is 676. The van der Waals surface area contributed by atoms with Gasteiger partial charge in [-0.05, 0) is 42.5 Å². The molecule has 3 nitrogen and oxygen atoms in total. The van der Waals surface area contributed by atoms with Crippen LogP contribution in [0.4, 0.5) is 0 Å². The van der Waals surface area contributed by atoms with E-state index in [1.54, 1.807) is 18.2 Å². The van der Waals surface area contributed by atoms with Crippen LogP contribution in [0.2, 0.25) is 10.0 Å². The number of rotatable bonds is 3. The molecule has 0 heterocycles. The van der Waals surface area contributed by atoms with Crippen LogP contribution in [0.5, 0.6) is 11.5 Å². The Morgan fingerprint density at radius 3 is 1.84 bits per heavy atom. The van der Waals surface area contributed by atoms with Crippen molar-refractivity contribution in [3.63, 3.8) is 0 Å². The average molecular weight is 338 g/mol. The number of benzene rings is 2. The van der Waals surface area contributed by atoms with Crippen LogP contribution >= 0.6 is 33.9 Å². The molecular weight excluding hydrogens is 331 g/mol. The second kappa shape index (κ2) is 5.59. The van der Waals surface area contributed by atoms with Gasteiger partial charge in [-0.25, -0.2) is 8.42 Å². The zero-order valence-corrected chi connectivity index (χ0v) is 12.4. The molecule has 0 saturated carbocycles. The summed E-state index contributed by atoms with van der Waals surface area (Å²) >= 11 is 11.7. The van der Waals surface area contributed by atoms with Gasteiger partial charge in [-0.15, -0.1) is 0 Å². The van der Waals surface area contributed by atoms with Gasteiger partial charge in [0.1, 0.15) is 11.5 Å². The summed E-state index contributed by atoms with van der Waals surface area (Å²) in [5.74, 6) is 0.904. The van der Waals surface area contributed by atoms with Crippen molar-refractivity contribution in [3.05, 3.63) is 52.5 Å². The molecule has 0 fully saturated rings. The lowest BCUT2D eigenvalue weighted by atomic mass is 10.3. The summed E-state index contributed by atoms with van der Waals surface area (Å²) in [6.45, 7) is 0. The van der Waals surface area contributed by atoms with E-state index in [2.05, 4.69) is 0 Å². The maximum absolute atomic E-state index is 11.1. The van der Waals surface area contributed by atoms with Gasteiger partial charge in [-0.2, -0.15) is 0 Å². The fraction of sp³-hybridized carbons (Fsp3) is 0. The molecule has 0 aliphatic rings. The molecule has 0 radical (unpaired) electrons. The Hall–Kier alpha value is -0.940. The van der Waals surface area contributed by atoms with Crippen molar-refractivity contribution in [2.75, 3.05) is 0 Å². The quantitative estimate of drug-likeness (QED) is 0.762. The molecule has 0 atom stereocenters. The van der Waals surface area contributed by atoms with E-state index in [9.17, 15) is 8.42 Å². The molecule has 0 unspecified atom stereocenters. The summed E-state index contributed by atoms with van der Waals surface area (Å²) in [6, 6.07) is 10.5. The highest BCUT2D eigenvalue weighted by Gasteiger charge is 2.09. The van der Waals surface area contributed by atoms with Crippen molar-refractivity contribution in [3.8, 4) is 11.5 Å². The summed E-state index contributed by atoms with van der Waals surface area (Å²) in [5.41, 5.74) is 0. The van der Waals surface area contributed by atoms with Gasteiger partial charge < -0.3 is 4.74 Å². The maximum atomic E-state index is 11.1. The third-order valence-electron chi connectivity index (χ3n) is 2.18. The second-order valence-electron chi connectivity index (χ2n) is 3.62. The highest BCUT2D eigenvalue weighted by Crippen LogP contribution is 2.29. The Kier molecular flexibility index (Phi) is 4.26. The predicted molar refractivity (Wildman–Crippen MR) is 76.0 cm³/mol. The molecule has 0 bridgehead atoms. The summed E-state index contributed by atoms with van der Waals surface area (Å²) in [7, 11) is 1.48. The van der Waals surface area contributed by atoms with Gasteiger partial charge in [0.25, 0.3) is 9.05 Å². The molecule has 0 N–H and O–H groups in total. The summed E-state index contributed by atoms with van der Waals surface area (Å²) in [6.07, 6.45) is 0. The molecule has 100 valence electrons. The van der Waals surface area contributed by atoms with Gasteiger partial charge in [0.05, 0.1) is 4.90 Å². The van der Waals surface area contributed by atoms with Gasteiger partial charge >= 0.3 is 0 Å². The van der Waals surface area contributed by atoms with Gasteiger partial charge in [-0.3, -0.25) is 0 Å². The molecule has 0 aliphatic carbocycles. The highest BCUT2D eigenvalue weighted by atomic mass is 35.7. The lowest BCUT2D eigenvalue weighted by Gasteiger charge is -2.07. The van der Waals surface area contributed by atoms with Crippen molar-refractivity contribution >= 4 is 42.9 Å². The van der Waals surface area contributed by atoms with Crippen LogP contribution in [-0.4, -0.2) is 8.42 Å². The van der Waals surface area contributed by atoms with Crippen LogP contribution < -0.4 is 4.74 Å². The van der Waals surface area contributed by atoms with Crippen LogP contribution in [0, 0.1) is 0 Å². The number of hydrogen-bond donors (Lipinski definition) is 0. The minimum Gasteiger partial charge on any atom is -0.457 e. The summed E-state index contributed by atoms with van der Waals surface area (Å²) in [4.78, 5) is 0.00523. The Balaban J connectivity index is 2.24. The van der Waals surface area contributed by atoms with E-state index in [0.717, 1.165) is 0 Å². The molecule has 19 heavy (non-hydrogen) atoms. The molecule has 0 saturated heterocycles. The second-order valence-corrected chi connectivity index (χ2v) is 7.06. The van der Waals surface area contributed by atoms with Crippen molar-refractivity contribution in [2.45, 2.75) is 4.90 Å². The van der Waals surface area contributed by atoms with E-state index in [0.29, 0.717) is 21.5 Å². The average Bonchev–Trinajstić information content (AvgIpc) is 2.26. The van der Waals surface area contributed by atoms with Gasteiger partial charge in [-0.1, -0.05) is 23.2 Å². The van der Waals surface area contributed by atoms with Crippen molar-refractivity contribution < 1.29 is 13.2 Å². The first-order valence-corrected chi connectivity index (χ1v) is 8.10. The molecule has 0 aliphatic heterocycles. The normalized spacial score (nSPS) is 11.3. The Morgan fingerprint density at radius 1 is 0.842 bits per heavy atom. The molecule has 7 heteroatoms. The molecule has 0 aromatic heterocycles. The van der Waals surface area contributed by atoms with Crippen molar-refractivity contribution in [1.82, 2.24) is 0 Å². The van der Waals surface area contributed by atoms with E-state index >= 15 is 0 Å². The fourth-order valence-electron chi connectivity index (χ4n) is 1.39. The lowest BCUT2D eigenvalue weighted by Crippen LogP contribution is -1.90. The maximum Gasteiger partial charge on any atom is 0.261 e. The Morgan fingerprint density at radius 2 is 1.37 bits per heavy atom. The van der Waals surface area contributed by atoms with Crippen LogP contribution in [0.15, 0.2) is 47.4 Å². The topological polar surface area (TPSA) is 43.4 Å². The minimum absolute atomic E-state index is 0.00523. The van der Waals surface area contributed by atoms with Crippen LogP contribution in [0.25, 0.3) is 0 Å². The van der Waals surface area contributed by atoms with E-state index in [4.69, 9.17) is 38.6 Å². The molecule has 0 spiro atoms. The lowest BCUT2D eigenvalue weighted by molar-refractivity contribution is 0.482. The van der Waals surface area contributed by atoms with Crippen molar-refractivity contribution in [1.29, 1.82) is 0 Å². The van der Waals surface area contributed by atoms with E-state index < -0.39 is 9.05 Å². The van der Waals surface area contributed by atoms with Crippen LogP contribution in [0.3, 0.4) is 0 Å². The monoisotopic (exact) mass is 336 g/mol. The number of hydrogen-bond acceptors (Lipinski definition) is 3. The third kappa shape index (κ3) is 4.01. The SMILES string of the molecule is O=S(=O)(Cl)c1ccc(Oc2cc(Cl)cc(Cl)c2)cc1. The highest BCUT2D eigenvalue weighted by molar-refractivity contribution is 8.13. The van der Waals surface area contributed by atoms with E-state index in [1.165, 1.54) is 24.3 Å². The van der Waals surface area contributed by atoms with Gasteiger partial charge in [0, 0.05) is 20.7 Å². The fourth-order valence-corrected chi connectivity index (χ4v) is 2.67. The van der Waals surface area contributed by atoms with E-state index in [1.807, 2.05) is 0 Å². The largest absolute Gasteiger partial charge is 0.457 e. The Labute approximate surface area is 125 Å². The number of halogens is 3. The summed E-state index contributed by atoms with van der Waals surface area (Å²) in [5, 5.41) is 0.893. The molecule has 2 aromatic carbocycles. The minimum atomic E-state index is -3.73. The zero-order chi connectivity index (χ0) is 14.0. The predicted octanol–water partition coefficient (Wildman–Crippen LogP) is 4.71. The summed E-state index contributed by atoms with van der Waals surface area (Å²) < 4.78 is 27.7. The molecule has 2 aromatic rings. The van der Waals surface area contributed by atoms with Gasteiger partial charge in [0.2, 0.25) is 0 Å². The van der Waals surface area contributed by atoms with Crippen molar-refractivity contribution in [2.24, 2.45) is 0 Å². The first-order valence-electron chi connectivity index (χ1n) is 5.03. The number of ether oxygens (including phenoxy) is 1. The van der Waals surface area contributed by atoms with Crippen LogP contribution in [0.1, 0.15) is 0 Å². The molecule has 2 rings (SSSR count). The molecule has 0 amide bonds. The standard InChI is InChI=1S/C12H7Cl3O3S/c13-8-5-9(14)7-11(6-8)18-10-1-3-12(4-2-10)19(15,16)17/h1-7H. The van der Waals surface area contributed by atoms with Crippen LogP contribution in [-0.2, 0) is 9.05 Å². The molecular formula is C12H7Cl3O3S. The first kappa shape index (κ1) is 14.5. The van der Waals surface area contributed by atoms with E-state index in [-0.39, 0.29) is 4.90 Å². The zero-order valence-electron chi connectivity index (χ0n) is 9.31. The first-order chi connectivity index (χ1) is 8.84.